The molecular formula is C15H26. The Kier molecular flexibility index (Phi) is 2.96. The van der Waals surface area contributed by atoms with Crippen molar-refractivity contribution in [2.45, 2.75) is 66.2 Å². The highest BCUT2D eigenvalue weighted by molar-refractivity contribution is 5.29. The lowest BCUT2D eigenvalue weighted by molar-refractivity contribution is 0.342. The average molecular weight is 206 g/mol. The molecule has 0 nitrogen and oxygen atoms in total. The molecule has 2 atom stereocenters. The number of allylic oxidation sites excluding steroid dienone is 2. The van der Waals surface area contributed by atoms with Gasteiger partial charge in [0.15, 0.2) is 0 Å². The van der Waals surface area contributed by atoms with E-state index in [1.165, 1.54) is 38.5 Å². The quantitative estimate of drug-likeness (QED) is 0.532. The molecule has 0 aliphatic heterocycles. The third kappa shape index (κ3) is 2.00. The van der Waals surface area contributed by atoms with Crippen LogP contribution in [0.4, 0.5) is 0 Å². The van der Waals surface area contributed by atoms with Gasteiger partial charge in [-0.25, -0.2) is 0 Å². The van der Waals surface area contributed by atoms with Crippen LogP contribution < -0.4 is 0 Å². The Labute approximate surface area is 95.1 Å². The van der Waals surface area contributed by atoms with Crippen LogP contribution in [0.1, 0.15) is 66.2 Å². The zero-order valence-corrected chi connectivity index (χ0v) is 10.9. The van der Waals surface area contributed by atoms with E-state index in [1.807, 2.05) is 11.1 Å². The molecule has 1 fully saturated rings. The van der Waals surface area contributed by atoms with Crippen LogP contribution in [0, 0.1) is 17.3 Å². The van der Waals surface area contributed by atoms with Gasteiger partial charge in [-0.3, -0.25) is 0 Å². The second-order valence-corrected chi connectivity index (χ2v) is 6.40. The molecule has 0 aromatic heterocycles. The summed E-state index contributed by atoms with van der Waals surface area (Å²) in [6.07, 6.45) is 8.54. The Balaban J connectivity index is 2.29. The molecule has 86 valence electrons. The molecule has 0 amide bonds. The van der Waals surface area contributed by atoms with Crippen molar-refractivity contribution >= 4 is 0 Å². The molecule has 1 saturated carbocycles. The molecule has 0 radical (unpaired) electrons. The van der Waals surface area contributed by atoms with Gasteiger partial charge in [0.1, 0.15) is 0 Å². The van der Waals surface area contributed by atoms with Gasteiger partial charge in [-0.05, 0) is 55.8 Å². The molecule has 2 aliphatic carbocycles. The van der Waals surface area contributed by atoms with Crippen LogP contribution in [0.15, 0.2) is 11.1 Å². The predicted molar refractivity (Wildman–Crippen MR) is 66.8 cm³/mol. The number of fused-ring (bicyclic) bond motifs is 1. The van der Waals surface area contributed by atoms with Crippen LogP contribution in [-0.2, 0) is 0 Å². The molecule has 0 bridgehead atoms. The largest absolute Gasteiger partial charge is 0.0679 e. The Morgan fingerprint density at radius 1 is 1.13 bits per heavy atom. The van der Waals surface area contributed by atoms with Crippen molar-refractivity contribution in [2.24, 2.45) is 17.3 Å². The van der Waals surface area contributed by atoms with Gasteiger partial charge in [0.2, 0.25) is 0 Å². The summed E-state index contributed by atoms with van der Waals surface area (Å²) < 4.78 is 0. The predicted octanol–water partition coefficient (Wildman–Crippen LogP) is 4.95. The zero-order valence-electron chi connectivity index (χ0n) is 10.9. The smallest absolute Gasteiger partial charge is 0.0110 e. The fourth-order valence-corrected chi connectivity index (χ4v) is 3.58. The van der Waals surface area contributed by atoms with Crippen molar-refractivity contribution < 1.29 is 0 Å². The van der Waals surface area contributed by atoms with Gasteiger partial charge in [-0.1, -0.05) is 38.8 Å². The first-order valence-corrected chi connectivity index (χ1v) is 6.75. The normalized spacial score (nSPS) is 37.0. The van der Waals surface area contributed by atoms with E-state index in [0.29, 0.717) is 5.41 Å². The summed E-state index contributed by atoms with van der Waals surface area (Å²) in [5.74, 6) is 1.74. The second kappa shape index (κ2) is 3.96. The highest BCUT2D eigenvalue weighted by Gasteiger charge is 2.38. The monoisotopic (exact) mass is 206 g/mol. The SMILES string of the molecule is CC(C)C1=C2CC[C@H](C)CC[C@@]2(C)CC1. The summed E-state index contributed by atoms with van der Waals surface area (Å²) in [7, 11) is 0. The molecule has 0 spiro atoms. The van der Waals surface area contributed by atoms with Gasteiger partial charge in [-0.2, -0.15) is 0 Å². The van der Waals surface area contributed by atoms with Crippen molar-refractivity contribution in [1.29, 1.82) is 0 Å². The summed E-state index contributed by atoms with van der Waals surface area (Å²) >= 11 is 0. The minimum Gasteiger partial charge on any atom is -0.0679 e. The van der Waals surface area contributed by atoms with E-state index >= 15 is 0 Å². The van der Waals surface area contributed by atoms with Crippen molar-refractivity contribution in [2.75, 3.05) is 0 Å². The fraction of sp³-hybridized carbons (Fsp3) is 0.867. The standard InChI is InChI=1S/C15H26/c1-11(2)13-8-10-15(4)9-7-12(3)5-6-14(13)15/h11-12H,5-10H2,1-4H3/t12-,15-/m0/s1. The molecule has 0 N–H and O–H groups in total. The third-order valence-corrected chi connectivity index (χ3v) is 4.84. The Bertz CT molecular complexity index is 272. The molecule has 0 aromatic carbocycles. The van der Waals surface area contributed by atoms with E-state index < -0.39 is 0 Å². The lowest BCUT2D eigenvalue weighted by Crippen LogP contribution is -2.14. The van der Waals surface area contributed by atoms with Crippen molar-refractivity contribution in [1.82, 2.24) is 0 Å². The molecule has 0 unspecified atom stereocenters. The zero-order chi connectivity index (χ0) is 11.1. The fourth-order valence-electron chi connectivity index (χ4n) is 3.58. The number of hydrogen-bond acceptors (Lipinski definition) is 0. The minimum atomic E-state index is 0.588. The van der Waals surface area contributed by atoms with Crippen molar-refractivity contribution in [3.63, 3.8) is 0 Å². The molecule has 0 heteroatoms. The van der Waals surface area contributed by atoms with Crippen LogP contribution in [0.3, 0.4) is 0 Å². The molecule has 0 saturated heterocycles. The molecule has 0 aromatic rings. The molecule has 2 aliphatic rings. The van der Waals surface area contributed by atoms with E-state index in [0.717, 1.165) is 11.8 Å². The van der Waals surface area contributed by atoms with Crippen LogP contribution in [-0.4, -0.2) is 0 Å². The summed E-state index contributed by atoms with van der Waals surface area (Å²) in [5, 5.41) is 0. The maximum absolute atomic E-state index is 2.52. The lowest BCUT2D eigenvalue weighted by atomic mass is 9.78. The molecular weight excluding hydrogens is 180 g/mol. The maximum Gasteiger partial charge on any atom is -0.0110 e. The van der Waals surface area contributed by atoms with Crippen molar-refractivity contribution in [3.05, 3.63) is 11.1 Å². The molecule has 2 rings (SSSR count). The van der Waals surface area contributed by atoms with Gasteiger partial charge in [0, 0.05) is 0 Å². The van der Waals surface area contributed by atoms with Gasteiger partial charge in [0.05, 0.1) is 0 Å². The lowest BCUT2D eigenvalue weighted by Gasteiger charge is -2.26. The average Bonchev–Trinajstić information content (AvgIpc) is 2.43. The van der Waals surface area contributed by atoms with E-state index in [-0.39, 0.29) is 0 Å². The highest BCUT2D eigenvalue weighted by atomic mass is 14.4. The Hall–Kier alpha value is -0.260. The number of hydrogen-bond donors (Lipinski definition) is 0. The second-order valence-electron chi connectivity index (χ2n) is 6.40. The Morgan fingerprint density at radius 3 is 2.53 bits per heavy atom. The van der Waals surface area contributed by atoms with E-state index in [2.05, 4.69) is 27.7 Å². The molecule has 15 heavy (non-hydrogen) atoms. The first-order valence-electron chi connectivity index (χ1n) is 6.75. The third-order valence-electron chi connectivity index (χ3n) is 4.84. The van der Waals surface area contributed by atoms with Crippen LogP contribution in [0.2, 0.25) is 0 Å². The van der Waals surface area contributed by atoms with Crippen LogP contribution >= 0.6 is 0 Å². The molecule has 0 heterocycles. The van der Waals surface area contributed by atoms with E-state index in [9.17, 15) is 0 Å². The van der Waals surface area contributed by atoms with Crippen LogP contribution in [0.25, 0.3) is 0 Å². The van der Waals surface area contributed by atoms with Gasteiger partial charge in [0.25, 0.3) is 0 Å². The maximum atomic E-state index is 2.52. The summed E-state index contributed by atoms with van der Waals surface area (Å²) in [6.45, 7) is 9.71. The van der Waals surface area contributed by atoms with Gasteiger partial charge < -0.3 is 0 Å². The van der Waals surface area contributed by atoms with Crippen LogP contribution in [0.5, 0.6) is 0 Å². The summed E-state index contributed by atoms with van der Waals surface area (Å²) in [4.78, 5) is 0. The topological polar surface area (TPSA) is 0 Å². The first kappa shape index (κ1) is 11.2. The minimum absolute atomic E-state index is 0.588. The highest BCUT2D eigenvalue weighted by Crippen LogP contribution is 2.52. The number of rotatable bonds is 1. The summed E-state index contributed by atoms with van der Waals surface area (Å²) in [5.41, 5.74) is 4.26. The van der Waals surface area contributed by atoms with Gasteiger partial charge in [-0.15, -0.1) is 0 Å². The first-order chi connectivity index (χ1) is 7.03. The van der Waals surface area contributed by atoms with E-state index in [4.69, 9.17) is 0 Å². The van der Waals surface area contributed by atoms with E-state index in [1.54, 1.807) is 0 Å². The summed E-state index contributed by atoms with van der Waals surface area (Å²) in [6, 6.07) is 0. The Morgan fingerprint density at radius 2 is 1.87 bits per heavy atom. The van der Waals surface area contributed by atoms with Crippen molar-refractivity contribution in [3.8, 4) is 0 Å². The van der Waals surface area contributed by atoms with Gasteiger partial charge >= 0.3 is 0 Å².